The largest absolute Gasteiger partial charge is 0.486 e. The first-order chi connectivity index (χ1) is 6.86. The molecule has 1 aromatic rings. The second-order valence-corrected chi connectivity index (χ2v) is 4.33. The number of nitrogens with two attached hydrogens (primary N) is 1. The smallest absolute Gasteiger partial charge is 0.123 e. The molecule has 1 aliphatic heterocycles. The number of benzene rings is 1. The molecule has 74 valence electrons. The number of rotatable bonds is 2. The zero-order valence-electron chi connectivity index (χ0n) is 8.20. The van der Waals surface area contributed by atoms with E-state index in [0.717, 1.165) is 18.7 Å². The predicted octanol–water partition coefficient (Wildman–Crippen LogP) is 2.04. The Morgan fingerprint density at radius 1 is 1.36 bits per heavy atom. The van der Waals surface area contributed by atoms with Crippen molar-refractivity contribution >= 4 is 0 Å². The fourth-order valence-electron chi connectivity index (χ4n) is 2.59. The van der Waals surface area contributed by atoms with Crippen molar-refractivity contribution in [3.63, 3.8) is 0 Å². The second-order valence-electron chi connectivity index (χ2n) is 4.33. The average molecular weight is 189 g/mol. The van der Waals surface area contributed by atoms with Crippen molar-refractivity contribution in [2.45, 2.75) is 30.8 Å². The van der Waals surface area contributed by atoms with Crippen molar-refractivity contribution in [1.82, 2.24) is 0 Å². The van der Waals surface area contributed by atoms with Gasteiger partial charge in [-0.25, -0.2) is 0 Å². The Morgan fingerprint density at radius 2 is 2.14 bits per heavy atom. The highest BCUT2D eigenvalue weighted by molar-refractivity contribution is 5.45. The first kappa shape index (κ1) is 8.30. The van der Waals surface area contributed by atoms with Crippen molar-refractivity contribution in [2.75, 3.05) is 6.54 Å². The lowest BCUT2D eigenvalue weighted by atomic mass is 9.90. The number of ether oxygens (including phenoxy) is 1. The summed E-state index contributed by atoms with van der Waals surface area (Å²) in [6.45, 7) is 0.754. The van der Waals surface area contributed by atoms with E-state index < -0.39 is 0 Å². The third kappa shape index (κ3) is 1.01. The maximum atomic E-state index is 6.02. The third-order valence-electron chi connectivity index (χ3n) is 3.44. The normalized spacial score (nSPS) is 25.9. The van der Waals surface area contributed by atoms with Crippen LogP contribution >= 0.6 is 0 Å². The molecule has 0 amide bonds. The summed E-state index contributed by atoms with van der Waals surface area (Å²) in [5, 5.41) is 0. The molecule has 0 saturated heterocycles. The van der Waals surface area contributed by atoms with E-state index >= 15 is 0 Å². The van der Waals surface area contributed by atoms with Gasteiger partial charge in [0.2, 0.25) is 0 Å². The van der Waals surface area contributed by atoms with Crippen LogP contribution in [0.5, 0.6) is 5.75 Å². The van der Waals surface area contributed by atoms with Gasteiger partial charge in [0, 0.05) is 11.5 Å². The lowest BCUT2D eigenvalue weighted by molar-refractivity contribution is 0.178. The van der Waals surface area contributed by atoms with Crippen molar-refractivity contribution in [2.24, 2.45) is 5.73 Å². The average Bonchev–Trinajstić information content (AvgIpc) is 2.89. The Hall–Kier alpha value is -1.02. The number of para-hydroxylation sites is 1. The van der Waals surface area contributed by atoms with Gasteiger partial charge in [-0.1, -0.05) is 18.2 Å². The van der Waals surface area contributed by atoms with Gasteiger partial charge < -0.3 is 10.5 Å². The fourth-order valence-corrected chi connectivity index (χ4v) is 2.59. The fraction of sp³-hybridized carbons (Fsp3) is 0.500. The Labute approximate surface area is 84.1 Å². The van der Waals surface area contributed by atoms with Crippen LogP contribution in [0.3, 0.4) is 0 Å². The number of hydrogen-bond donors (Lipinski definition) is 1. The molecule has 1 atom stereocenters. The van der Waals surface area contributed by atoms with Gasteiger partial charge in [0.05, 0.1) is 0 Å². The Balaban J connectivity index is 2.00. The Kier molecular flexibility index (Phi) is 1.62. The predicted molar refractivity (Wildman–Crippen MR) is 55.4 cm³/mol. The quantitative estimate of drug-likeness (QED) is 0.772. The molecule has 1 fully saturated rings. The second kappa shape index (κ2) is 2.74. The molecule has 0 bridgehead atoms. The molecular formula is C12H15NO. The molecule has 1 saturated carbocycles. The molecule has 1 aliphatic carbocycles. The summed E-state index contributed by atoms with van der Waals surface area (Å²) in [5.41, 5.74) is 7.17. The summed E-state index contributed by atoms with van der Waals surface area (Å²) in [5.74, 6) is 1.63. The van der Waals surface area contributed by atoms with Crippen LogP contribution in [0.4, 0.5) is 0 Å². The molecule has 0 aromatic heterocycles. The molecular weight excluding hydrogens is 174 g/mol. The Bertz CT molecular complexity index is 357. The molecule has 1 heterocycles. The lowest BCUT2D eigenvalue weighted by Crippen LogP contribution is -2.22. The molecule has 1 unspecified atom stereocenters. The molecule has 14 heavy (non-hydrogen) atoms. The van der Waals surface area contributed by atoms with Gasteiger partial charge in [0.1, 0.15) is 11.4 Å². The molecule has 2 N–H and O–H groups in total. The molecule has 1 spiro atoms. The first-order valence-electron chi connectivity index (χ1n) is 5.34. The molecule has 1 aromatic carbocycles. The van der Waals surface area contributed by atoms with Crippen LogP contribution in [0.2, 0.25) is 0 Å². The van der Waals surface area contributed by atoms with Gasteiger partial charge in [0.15, 0.2) is 0 Å². The van der Waals surface area contributed by atoms with Crippen molar-refractivity contribution < 1.29 is 4.74 Å². The Morgan fingerprint density at radius 3 is 2.86 bits per heavy atom. The molecule has 3 rings (SSSR count). The van der Waals surface area contributed by atoms with E-state index in [-0.39, 0.29) is 5.60 Å². The van der Waals surface area contributed by atoms with Crippen LogP contribution in [0.25, 0.3) is 0 Å². The molecule has 2 heteroatoms. The number of fused-ring (bicyclic) bond motifs is 1. The van der Waals surface area contributed by atoms with E-state index in [0.29, 0.717) is 5.92 Å². The lowest BCUT2D eigenvalue weighted by Gasteiger charge is -2.16. The van der Waals surface area contributed by atoms with Gasteiger partial charge in [-0.15, -0.1) is 0 Å². The highest BCUT2D eigenvalue weighted by Gasteiger charge is 2.56. The zero-order valence-corrected chi connectivity index (χ0v) is 8.20. The minimum atomic E-state index is 0.142. The van der Waals surface area contributed by atoms with Gasteiger partial charge in [0.25, 0.3) is 0 Å². The van der Waals surface area contributed by atoms with Crippen LogP contribution in [0, 0.1) is 0 Å². The van der Waals surface area contributed by atoms with E-state index in [4.69, 9.17) is 10.5 Å². The van der Waals surface area contributed by atoms with Crippen LogP contribution in [0.15, 0.2) is 24.3 Å². The van der Waals surface area contributed by atoms with Crippen molar-refractivity contribution in [3.05, 3.63) is 29.8 Å². The summed E-state index contributed by atoms with van der Waals surface area (Å²) < 4.78 is 6.02. The summed E-state index contributed by atoms with van der Waals surface area (Å²) >= 11 is 0. The van der Waals surface area contributed by atoms with E-state index in [1.165, 1.54) is 18.4 Å². The minimum Gasteiger partial charge on any atom is -0.486 e. The van der Waals surface area contributed by atoms with Crippen molar-refractivity contribution in [3.8, 4) is 5.75 Å². The maximum absolute atomic E-state index is 6.02. The van der Waals surface area contributed by atoms with Crippen LogP contribution < -0.4 is 10.5 Å². The first-order valence-corrected chi connectivity index (χ1v) is 5.34. The van der Waals surface area contributed by atoms with E-state index in [1.807, 2.05) is 6.07 Å². The van der Waals surface area contributed by atoms with Gasteiger partial charge >= 0.3 is 0 Å². The topological polar surface area (TPSA) is 35.2 Å². The SMILES string of the molecule is NCCC1c2ccccc2OC12CC2. The zero-order chi connectivity index (χ0) is 9.60. The van der Waals surface area contributed by atoms with Gasteiger partial charge in [-0.05, 0) is 31.9 Å². The molecule has 2 nitrogen and oxygen atoms in total. The van der Waals surface area contributed by atoms with Crippen LogP contribution in [-0.2, 0) is 0 Å². The van der Waals surface area contributed by atoms with E-state index in [1.54, 1.807) is 0 Å². The minimum absolute atomic E-state index is 0.142. The van der Waals surface area contributed by atoms with Crippen LogP contribution in [-0.4, -0.2) is 12.1 Å². The summed E-state index contributed by atoms with van der Waals surface area (Å²) in [6, 6.07) is 8.39. The van der Waals surface area contributed by atoms with Crippen molar-refractivity contribution in [1.29, 1.82) is 0 Å². The third-order valence-corrected chi connectivity index (χ3v) is 3.44. The highest BCUT2D eigenvalue weighted by atomic mass is 16.5. The molecule has 2 aliphatic rings. The van der Waals surface area contributed by atoms with E-state index in [2.05, 4.69) is 18.2 Å². The summed E-state index contributed by atoms with van der Waals surface area (Å²) in [7, 11) is 0. The van der Waals surface area contributed by atoms with Crippen LogP contribution in [0.1, 0.15) is 30.7 Å². The summed E-state index contributed by atoms with van der Waals surface area (Å²) in [4.78, 5) is 0. The monoisotopic (exact) mass is 189 g/mol. The summed E-state index contributed by atoms with van der Waals surface area (Å²) in [6.07, 6.45) is 3.45. The number of hydrogen-bond acceptors (Lipinski definition) is 2. The van der Waals surface area contributed by atoms with Gasteiger partial charge in [-0.2, -0.15) is 0 Å². The standard InChI is InChI=1S/C12H15NO/c13-8-5-10-9-3-1-2-4-11(9)14-12(10)6-7-12/h1-4,10H,5-8,13H2. The van der Waals surface area contributed by atoms with Gasteiger partial charge in [-0.3, -0.25) is 0 Å². The highest BCUT2D eigenvalue weighted by Crippen LogP contribution is 2.58. The van der Waals surface area contributed by atoms with E-state index in [9.17, 15) is 0 Å². The maximum Gasteiger partial charge on any atom is 0.123 e. The molecule has 0 radical (unpaired) electrons.